The van der Waals surface area contributed by atoms with Gasteiger partial charge in [0.1, 0.15) is 5.15 Å². The fraction of sp³-hybridized carbons (Fsp3) is 0. The Bertz CT molecular complexity index is 303. The molecule has 0 aliphatic heterocycles. The first-order valence-corrected chi connectivity index (χ1v) is 3.28. The van der Waals surface area contributed by atoms with Gasteiger partial charge in [-0.15, -0.1) is 0 Å². The van der Waals surface area contributed by atoms with Crippen LogP contribution in [-0.2, 0) is 0 Å². The molecule has 0 aromatic carbocycles. The van der Waals surface area contributed by atoms with Gasteiger partial charge in [0.05, 0.1) is 6.20 Å². The predicted molar refractivity (Wildman–Crippen MR) is 39.0 cm³/mol. The number of hydrogen-bond acceptors (Lipinski definition) is 3. The molecule has 6 heteroatoms. The number of hydrogen-bond donors (Lipinski definition) is 1. The van der Waals surface area contributed by atoms with Gasteiger partial charge in [0.2, 0.25) is 0 Å². The lowest BCUT2D eigenvalue weighted by Gasteiger charge is -1.95. The Labute approximate surface area is 71.8 Å². The second kappa shape index (κ2) is 3.02. The Morgan fingerprint density at radius 2 is 2.18 bits per heavy atom. The van der Waals surface area contributed by atoms with E-state index < -0.39 is 5.97 Å². The first-order chi connectivity index (χ1) is 5.11. The van der Waals surface area contributed by atoms with Crippen LogP contribution in [0.5, 0.6) is 0 Å². The van der Waals surface area contributed by atoms with Crippen LogP contribution < -0.4 is 0 Å². The van der Waals surface area contributed by atoms with Gasteiger partial charge >= 0.3 is 5.97 Å². The van der Waals surface area contributed by atoms with Gasteiger partial charge in [0.25, 0.3) is 0 Å². The molecule has 0 saturated heterocycles. The highest BCUT2D eigenvalue weighted by Gasteiger charge is 2.11. The zero-order chi connectivity index (χ0) is 8.43. The minimum atomic E-state index is -1.25. The number of carbonyl (C=O) groups is 1. The second-order valence-corrected chi connectivity index (χ2v) is 2.38. The molecule has 0 spiro atoms. The Morgan fingerprint density at radius 3 is 2.64 bits per heavy atom. The van der Waals surface area contributed by atoms with Crippen LogP contribution in [0.2, 0.25) is 10.3 Å². The highest BCUT2D eigenvalue weighted by molar-refractivity contribution is 6.33. The van der Waals surface area contributed by atoms with E-state index in [4.69, 9.17) is 28.3 Å². The van der Waals surface area contributed by atoms with E-state index in [1.807, 2.05) is 0 Å². The van der Waals surface area contributed by atoms with Crippen LogP contribution in [0.15, 0.2) is 6.20 Å². The van der Waals surface area contributed by atoms with Gasteiger partial charge in [-0.25, -0.2) is 14.8 Å². The Morgan fingerprint density at radius 1 is 1.55 bits per heavy atom. The largest absolute Gasteiger partial charge is 0.476 e. The van der Waals surface area contributed by atoms with Crippen molar-refractivity contribution in [2.45, 2.75) is 0 Å². The molecule has 0 unspecified atom stereocenters. The maximum atomic E-state index is 10.3. The molecule has 1 aromatic heterocycles. The summed E-state index contributed by atoms with van der Waals surface area (Å²) < 4.78 is 0. The zero-order valence-corrected chi connectivity index (χ0v) is 6.60. The lowest BCUT2D eigenvalue weighted by atomic mass is 10.5. The number of halogens is 2. The summed E-state index contributed by atoms with van der Waals surface area (Å²) in [5, 5.41) is 8.29. The van der Waals surface area contributed by atoms with E-state index in [1.165, 1.54) is 6.20 Å². The van der Waals surface area contributed by atoms with Crippen LogP contribution in [0.25, 0.3) is 0 Å². The van der Waals surface area contributed by atoms with Crippen molar-refractivity contribution < 1.29 is 9.90 Å². The number of nitrogens with zero attached hydrogens (tertiary/aromatic N) is 2. The molecule has 0 fully saturated rings. The van der Waals surface area contributed by atoms with E-state index in [1.54, 1.807) is 0 Å². The van der Waals surface area contributed by atoms with E-state index >= 15 is 0 Å². The summed E-state index contributed by atoms with van der Waals surface area (Å²) in [7, 11) is 0. The summed E-state index contributed by atoms with van der Waals surface area (Å²) in [4.78, 5) is 17.3. The van der Waals surface area contributed by atoms with Gasteiger partial charge in [0, 0.05) is 0 Å². The monoisotopic (exact) mass is 192 g/mol. The molecule has 1 N–H and O–H groups in total. The molecule has 4 nitrogen and oxygen atoms in total. The van der Waals surface area contributed by atoms with Crippen LogP contribution in [0.4, 0.5) is 0 Å². The van der Waals surface area contributed by atoms with Crippen molar-refractivity contribution in [2.24, 2.45) is 0 Å². The quantitative estimate of drug-likeness (QED) is 0.733. The topological polar surface area (TPSA) is 63.1 Å². The van der Waals surface area contributed by atoms with Gasteiger partial charge < -0.3 is 5.11 Å². The van der Waals surface area contributed by atoms with Gasteiger partial charge in [-0.3, -0.25) is 0 Å². The fourth-order valence-corrected chi connectivity index (χ4v) is 0.794. The summed E-state index contributed by atoms with van der Waals surface area (Å²) in [5.41, 5.74) is -0.334. The first kappa shape index (κ1) is 8.23. The van der Waals surface area contributed by atoms with E-state index in [0.29, 0.717) is 0 Å². The standard InChI is InChI=1S/C5H2Cl2N2O2/c6-2-1-8-4(7)3(9-2)5(10)11/h1H,(H,10,11). The third-order valence-electron chi connectivity index (χ3n) is 0.901. The Balaban J connectivity index is 3.23. The Kier molecular flexibility index (Phi) is 2.26. The minimum absolute atomic E-state index is 0.00630. The summed E-state index contributed by atoms with van der Waals surface area (Å²) in [5.74, 6) is -1.25. The zero-order valence-electron chi connectivity index (χ0n) is 5.08. The summed E-state index contributed by atoms with van der Waals surface area (Å²) in [6.07, 6.45) is 1.18. The van der Waals surface area contributed by atoms with E-state index in [9.17, 15) is 4.79 Å². The average Bonchev–Trinajstić information content (AvgIpc) is 1.94. The molecule has 0 amide bonds. The third-order valence-corrected chi connectivity index (χ3v) is 1.36. The molecule has 0 saturated carbocycles. The average molecular weight is 193 g/mol. The molecule has 0 radical (unpaired) electrons. The highest BCUT2D eigenvalue weighted by atomic mass is 35.5. The van der Waals surface area contributed by atoms with Crippen LogP contribution in [0, 0.1) is 0 Å². The minimum Gasteiger partial charge on any atom is -0.476 e. The molecule has 58 valence electrons. The number of aromatic carboxylic acids is 1. The second-order valence-electron chi connectivity index (χ2n) is 1.64. The molecule has 0 atom stereocenters. The van der Waals surface area contributed by atoms with E-state index in [-0.39, 0.29) is 16.0 Å². The molecular weight excluding hydrogens is 191 g/mol. The van der Waals surface area contributed by atoms with Gasteiger partial charge in [-0.1, -0.05) is 23.2 Å². The van der Waals surface area contributed by atoms with Gasteiger partial charge in [0.15, 0.2) is 10.8 Å². The number of carboxylic acids is 1. The molecule has 1 aromatic rings. The summed E-state index contributed by atoms with van der Waals surface area (Å²) >= 11 is 10.7. The van der Waals surface area contributed by atoms with Crippen molar-refractivity contribution in [1.29, 1.82) is 0 Å². The van der Waals surface area contributed by atoms with E-state index in [2.05, 4.69) is 9.97 Å². The van der Waals surface area contributed by atoms with Gasteiger partial charge in [-0.05, 0) is 0 Å². The summed E-state index contributed by atoms with van der Waals surface area (Å²) in [6.45, 7) is 0. The van der Waals surface area contributed by atoms with Gasteiger partial charge in [-0.2, -0.15) is 0 Å². The molecule has 0 aliphatic rings. The normalized spacial score (nSPS) is 9.64. The first-order valence-electron chi connectivity index (χ1n) is 2.52. The van der Waals surface area contributed by atoms with E-state index in [0.717, 1.165) is 0 Å². The Hall–Kier alpha value is -0.870. The van der Waals surface area contributed by atoms with Crippen molar-refractivity contribution in [3.8, 4) is 0 Å². The maximum Gasteiger partial charge on any atom is 0.357 e. The van der Waals surface area contributed by atoms with Crippen molar-refractivity contribution in [3.63, 3.8) is 0 Å². The van der Waals surface area contributed by atoms with Crippen molar-refractivity contribution in [1.82, 2.24) is 9.97 Å². The highest BCUT2D eigenvalue weighted by Crippen LogP contribution is 2.12. The van der Waals surface area contributed by atoms with Crippen LogP contribution in [0.1, 0.15) is 10.5 Å². The third kappa shape index (κ3) is 1.78. The van der Waals surface area contributed by atoms with Crippen molar-refractivity contribution in [3.05, 3.63) is 22.2 Å². The molecule has 11 heavy (non-hydrogen) atoms. The number of rotatable bonds is 1. The lowest BCUT2D eigenvalue weighted by molar-refractivity contribution is 0.0690. The van der Waals surface area contributed by atoms with Crippen LogP contribution in [-0.4, -0.2) is 21.0 Å². The molecule has 0 aliphatic carbocycles. The number of aromatic nitrogens is 2. The molecule has 0 bridgehead atoms. The van der Waals surface area contributed by atoms with Crippen molar-refractivity contribution in [2.75, 3.05) is 0 Å². The molecule has 1 heterocycles. The maximum absolute atomic E-state index is 10.3. The van der Waals surface area contributed by atoms with Crippen LogP contribution >= 0.6 is 23.2 Å². The fourth-order valence-electron chi connectivity index (χ4n) is 0.489. The molecular formula is C5H2Cl2N2O2. The SMILES string of the molecule is O=C(O)c1nc(Cl)cnc1Cl. The number of carboxylic acid groups (broad SMARTS) is 1. The van der Waals surface area contributed by atoms with Crippen LogP contribution in [0.3, 0.4) is 0 Å². The summed E-state index contributed by atoms with van der Waals surface area (Å²) in [6, 6.07) is 0. The molecule has 1 rings (SSSR count). The lowest BCUT2D eigenvalue weighted by Crippen LogP contribution is -2.02. The smallest absolute Gasteiger partial charge is 0.357 e. The predicted octanol–water partition coefficient (Wildman–Crippen LogP) is 1.48. The van der Waals surface area contributed by atoms with Crippen molar-refractivity contribution >= 4 is 29.2 Å².